The zero-order valence-electron chi connectivity index (χ0n) is 10.9. The second kappa shape index (κ2) is 6.11. The number of nitrogens with zero attached hydrogens (tertiary/aromatic N) is 1. The van der Waals surface area contributed by atoms with Crippen LogP contribution < -0.4 is 0 Å². The van der Waals surface area contributed by atoms with Gasteiger partial charge in [-0.3, -0.25) is 10.1 Å². The summed E-state index contributed by atoms with van der Waals surface area (Å²) in [4.78, 5) is 32.6. The van der Waals surface area contributed by atoms with E-state index >= 15 is 0 Å². The molecule has 0 aliphatic carbocycles. The van der Waals surface area contributed by atoms with Crippen molar-refractivity contribution >= 4 is 11.9 Å². The fourth-order valence-electron chi connectivity index (χ4n) is 1.63. The maximum absolute atomic E-state index is 11.6. The predicted octanol–water partition coefficient (Wildman–Crippen LogP) is 0.110. The fourth-order valence-corrected chi connectivity index (χ4v) is 1.63. The van der Waals surface area contributed by atoms with Crippen LogP contribution in [0.1, 0.15) is 15.9 Å². The minimum Gasteiger partial charge on any atom is -0.466 e. The molecule has 0 saturated carbocycles. The molecule has 0 bridgehead atoms. The van der Waals surface area contributed by atoms with E-state index in [1.54, 1.807) is 0 Å². The molecule has 0 heterocycles. The number of carbonyl (C=O) groups excluding carboxylic acids is 2. The molecule has 1 aromatic rings. The molecule has 0 amide bonds. The van der Waals surface area contributed by atoms with Gasteiger partial charge in [0.2, 0.25) is 6.54 Å². The number of ether oxygens (including phenoxy) is 2. The Morgan fingerprint density at radius 2 is 1.80 bits per heavy atom. The van der Waals surface area contributed by atoms with Crippen molar-refractivity contribution in [3.05, 3.63) is 45.5 Å². The lowest BCUT2D eigenvalue weighted by atomic mass is 9.93. The summed E-state index contributed by atoms with van der Waals surface area (Å²) in [6, 6.07) is 5.03. The molecular weight excluding hydrogens is 270 g/mol. The molecule has 1 atom stereocenters. The first-order chi connectivity index (χ1) is 9.35. The largest absolute Gasteiger partial charge is 0.466 e. The van der Waals surface area contributed by atoms with E-state index in [1.165, 1.54) is 31.4 Å². The van der Waals surface area contributed by atoms with Crippen LogP contribution >= 0.6 is 0 Å². The van der Waals surface area contributed by atoms with Gasteiger partial charge >= 0.3 is 11.9 Å². The van der Waals surface area contributed by atoms with Crippen molar-refractivity contribution in [2.75, 3.05) is 20.8 Å². The molecule has 1 rings (SSSR count). The number of hydrogen-bond donors (Lipinski definition) is 1. The Morgan fingerprint density at radius 1 is 1.25 bits per heavy atom. The van der Waals surface area contributed by atoms with Crippen LogP contribution in [0.15, 0.2) is 24.3 Å². The lowest BCUT2D eigenvalue weighted by molar-refractivity contribution is -0.499. The molecule has 0 radical (unpaired) electrons. The van der Waals surface area contributed by atoms with Crippen molar-refractivity contribution < 1.29 is 29.1 Å². The first kappa shape index (κ1) is 15.6. The van der Waals surface area contributed by atoms with E-state index in [9.17, 15) is 24.8 Å². The van der Waals surface area contributed by atoms with Crippen LogP contribution in [0.5, 0.6) is 0 Å². The summed E-state index contributed by atoms with van der Waals surface area (Å²) < 4.78 is 8.88. The summed E-state index contributed by atoms with van der Waals surface area (Å²) in [6.07, 6.45) is 0. The first-order valence-corrected chi connectivity index (χ1v) is 5.46. The van der Waals surface area contributed by atoms with Crippen molar-refractivity contribution in [2.24, 2.45) is 0 Å². The van der Waals surface area contributed by atoms with Gasteiger partial charge in [0.1, 0.15) is 0 Å². The molecule has 1 N–H and O–H groups in total. The van der Waals surface area contributed by atoms with Gasteiger partial charge in [-0.1, -0.05) is 12.1 Å². The van der Waals surface area contributed by atoms with E-state index in [0.29, 0.717) is 0 Å². The molecule has 20 heavy (non-hydrogen) atoms. The van der Waals surface area contributed by atoms with Gasteiger partial charge in [-0.2, -0.15) is 0 Å². The Hall–Kier alpha value is -2.48. The first-order valence-electron chi connectivity index (χ1n) is 5.46. The Balaban J connectivity index is 3.18. The van der Waals surface area contributed by atoms with Gasteiger partial charge in [0, 0.05) is 10.5 Å². The smallest absolute Gasteiger partial charge is 0.349 e. The Kier molecular flexibility index (Phi) is 4.76. The third kappa shape index (κ3) is 3.09. The summed E-state index contributed by atoms with van der Waals surface area (Å²) in [5, 5.41) is 20.8. The van der Waals surface area contributed by atoms with Crippen LogP contribution in [-0.4, -0.2) is 42.7 Å². The number of aliphatic hydroxyl groups is 1. The predicted molar refractivity (Wildman–Crippen MR) is 65.6 cm³/mol. The van der Waals surface area contributed by atoms with Crippen LogP contribution in [0.4, 0.5) is 0 Å². The standard InChI is InChI=1S/C12H13NO7/c1-19-10(14)8-3-5-9(6-4-8)12(16,7-13(17)18)11(15)20-2/h3-6,16H,7H2,1-2H3. The van der Waals surface area contributed by atoms with Crippen molar-refractivity contribution in [1.29, 1.82) is 0 Å². The molecular formula is C12H13NO7. The SMILES string of the molecule is COC(=O)c1ccc(C(O)(C[N+](=O)[O-])C(=O)OC)cc1. The van der Waals surface area contributed by atoms with E-state index in [2.05, 4.69) is 9.47 Å². The van der Waals surface area contributed by atoms with E-state index in [4.69, 9.17) is 0 Å². The molecule has 0 spiro atoms. The number of nitro groups is 1. The van der Waals surface area contributed by atoms with Crippen LogP contribution in [0.3, 0.4) is 0 Å². The second-order valence-electron chi connectivity index (χ2n) is 3.91. The molecule has 8 nitrogen and oxygen atoms in total. The van der Waals surface area contributed by atoms with Crippen molar-refractivity contribution in [1.82, 2.24) is 0 Å². The highest BCUT2D eigenvalue weighted by Gasteiger charge is 2.44. The van der Waals surface area contributed by atoms with E-state index in [1.807, 2.05) is 0 Å². The Morgan fingerprint density at radius 3 is 2.20 bits per heavy atom. The lowest BCUT2D eigenvalue weighted by Crippen LogP contribution is -2.43. The number of hydrogen-bond acceptors (Lipinski definition) is 7. The highest BCUT2D eigenvalue weighted by atomic mass is 16.6. The minimum atomic E-state index is -2.41. The van der Waals surface area contributed by atoms with Crippen LogP contribution in [0.25, 0.3) is 0 Å². The highest BCUT2D eigenvalue weighted by molar-refractivity contribution is 5.89. The van der Waals surface area contributed by atoms with Gasteiger partial charge in [-0.15, -0.1) is 0 Å². The van der Waals surface area contributed by atoms with Gasteiger partial charge < -0.3 is 14.6 Å². The van der Waals surface area contributed by atoms with Crippen molar-refractivity contribution in [3.63, 3.8) is 0 Å². The number of esters is 2. The average Bonchev–Trinajstić information content (AvgIpc) is 2.44. The summed E-state index contributed by atoms with van der Waals surface area (Å²) >= 11 is 0. The monoisotopic (exact) mass is 283 g/mol. The summed E-state index contributed by atoms with van der Waals surface area (Å²) in [5.74, 6) is -1.76. The quantitative estimate of drug-likeness (QED) is 0.463. The van der Waals surface area contributed by atoms with Crippen LogP contribution in [-0.2, 0) is 19.9 Å². The van der Waals surface area contributed by atoms with Gasteiger partial charge in [-0.25, -0.2) is 9.59 Å². The maximum Gasteiger partial charge on any atom is 0.349 e. The zero-order chi connectivity index (χ0) is 15.3. The summed E-state index contributed by atoms with van der Waals surface area (Å²) in [7, 11) is 2.21. The van der Waals surface area contributed by atoms with Gasteiger partial charge in [0.25, 0.3) is 5.60 Å². The number of methoxy groups -OCH3 is 2. The van der Waals surface area contributed by atoms with Gasteiger partial charge in [0.05, 0.1) is 19.8 Å². The average molecular weight is 283 g/mol. The molecule has 0 saturated heterocycles. The third-order valence-corrected chi connectivity index (χ3v) is 2.66. The molecule has 0 fully saturated rings. The number of benzene rings is 1. The van der Waals surface area contributed by atoms with Crippen LogP contribution in [0, 0.1) is 10.1 Å². The third-order valence-electron chi connectivity index (χ3n) is 2.66. The molecule has 1 aromatic carbocycles. The lowest BCUT2D eigenvalue weighted by Gasteiger charge is -2.21. The van der Waals surface area contributed by atoms with E-state index in [-0.39, 0.29) is 11.1 Å². The molecule has 108 valence electrons. The highest BCUT2D eigenvalue weighted by Crippen LogP contribution is 2.24. The van der Waals surface area contributed by atoms with Crippen molar-refractivity contribution in [2.45, 2.75) is 5.60 Å². The summed E-state index contributed by atoms with van der Waals surface area (Å²) in [6.45, 7) is -1.04. The van der Waals surface area contributed by atoms with Crippen molar-refractivity contribution in [3.8, 4) is 0 Å². The fraction of sp³-hybridized carbons (Fsp3) is 0.333. The Labute approximate surface area is 114 Å². The zero-order valence-corrected chi connectivity index (χ0v) is 10.9. The van der Waals surface area contributed by atoms with E-state index in [0.717, 1.165) is 7.11 Å². The minimum absolute atomic E-state index is 0.0475. The normalized spacial score (nSPS) is 13.2. The molecule has 1 unspecified atom stereocenters. The van der Waals surface area contributed by atoms with Gasteiger partial charge in [-0.05, 0) is 12.1 Å². The molecule has 0 aliphatic heterocycles. The van der Waals surface area contributed by atoms with Gasteiger partial charge in [0.15, 0.2) is 0 Å². The second-order valence-corrected chi connectivity index (χ2v) is 3.91. The number of carbonyl (C=O) groups is 2. The Bertz CT molecular complexity index is 525. The summed E-state index contributed by atoms with van der Waals surface area (Å²) in [5.41, 5.74) is -2.27. The molecule has 0 aliphatic rings. The number of rotatable bonds is 5. The van der Waals surface area contributed by atoms with Crippen LogP contribution in [0.2, 0.25) is 0 Å². The molecule has 8 heteroatoms. The topological polar surface area (TPSA) is 116 Å². The van der Waals surface area contributed by atoms with E-state index < -0.39 is 29.0 Å². The molecule has 0 aromatic heterocycles. The maximum atomic E-state index is 11.6.